The van der Waals surface area contributed by atoms with E-state index in [1.807, 2.05) is 98.5 Å². The Bertz CT molecular complexity index is 1610. The van der Waals surface area contributed by atoms with Gasteiger partial charge in [-0.1, -0.05) is 54.6 Å². The van der Waals surface area contributed by atoms with Crippen LogP contribution in [0.25, 0.3) is 10.9 Å². The lowest BCUT2D eigenvalue weighted by molar-refractivity contribution is -0.139. The molecule has 3 aromatic carbocycles. The molecule has 1 atom stereocenters. The number of methoxy groups -OCH3 is 1. The maximum absolute atomic E-state index is 13.7. The second-order valence-corrected chi connectivity index (χ2v) is 11.9. The number of fused-ring (bicyclic) bond motifs is 1. The van der Waals surface area contributed by atoms with Gasteiger partial charge < -0.3 is 29.6 Å². The number of amides is 3. The molecule has 1 fully saturated rings. The van der Waals surface area contributed by atoms with Gasteiger partial charge in [0.25, 0.3) is 5.91 Å². The number of benzene rings is 3. The van der Waals surface area contributed by atoms with Gasteiger partial charge in [0.1, 0.15) is 23.6 Å². The van der Waals surface area contributed by atoms with E-state index in [-0.39, 0.29) is 24.4 Å². The Balaban J connectivity index is 1.33. The van der Waals surface area contributed by atoms with Gasteiger partial charge >= 0.3 is 6.09 Å². The maximum atomic E-state index is 13.7. The molecule has 0 radical (unpaired) electrons. The molecule has 0 spiro atoms. The van der Waals surface area contributed by atoms with E-state index in [9.17, 15) is 14.4 Å². The highest BCUT2D eigenvalue weighted by Crippen LogP contribution is 2.25. The quantitative estimate of drug-likeness (QED) is 0.294. The zero-order chi connectivity index (χ0) is 30.6. The predicted molar refractivity (Wildman–Crippen MR) is 165 cm³/mol. The van der Waals surface area contributed by atoms with Crippen molar-refractivity contribution < 1.29 is 23.9 Å². The summed E-state index contributed by atoms with van der Waals surface area (Å²) in [6.07, 6.45) is 0.131. The summed E-state index contributed by atoms with van der Waals surface area (Å²) in [7, 11) is 1.61. The summed E-state index contributed by atoms with van der Waals surface area (Å²) in [4.78, 5) is 46.1. The fourth-order valence-corrected chi connectivity index (χ4v) is 5.35. The second kappa shape index (κ2) is 12.6. The molecule has 0 unspecified atom stereocenters. The van der Waals surface area contributed by atoms with Crippen LogP contribution in [0.1, 0.15) is 48.0 Å². The van der Waals surface area contributed by atoms with Crippen molar-refractivity contribution in [3.05, 3.63) is 101 Å². The van der Waals surface area contributed by atoms with Crippen molar-refractivity contribution in [1.29, 1.82) is 0 Å². The molecule has 43 heavy (non-hydrogen) atoms. The lowest BCUT2D eigenvalue weighted by Gasteiger charge is -2.41. The topological polar surface area (TPSA) is 104 Å². The van der Waals surface area contributed by atoms with Gasteiger partial charge in [-0.05, 0) is 68.1 Å². The molecule has 2 heterocycles. The summed E-state index contributed by atoms with van der Waals surface area (Å²) in [6, 6.07) is 25.0. The molecular formula is C34H38N4O5. The van der Waals surface area contributed by atoms with E-state index in [4.69, 9.17) is 9.47 Å². The van der Waals surface area contributed by atoms with Crippen LogP contribution in [0.15, 0.2) is 78.9 Å². The molecule has 3 amide bonds. The lowest BCUT2D eigenvalue weighted by atomic mass is 10.00. The zero-order valence-corrected chi connectivity index (χ0v) is 25.1. The van der Waals surface area contributed by atoms with Gasteiger partial charge in [0.2, 0.25) is 5.91 Å². The number of hydrogen-bond acceptors (Lipinski definition) is 5. The van der Waals surface area contributed by atoms with Crippen LogP contribution >= 0.6 is 0 Å². The fraction of sp³-hybridized carbons (Fsp3) is 0.324. The molecule has 9 nitrogen and oxygen atoms in total. The average Bonchev–Trinajstić information content (AvgIpc) is 3.40. The molecule has 9 heteroatoms. The lowest BCUT2D eigenvalue weighted by Crippen LogP contribution is -2.58. The van der Waals surface area contributed by atoms with Crippen LogP contribution in [0.5, 0.6) is 5.75 Å². The second-order valence-electron chi connectivity index (χ2n) is 11.9. The molecule has 1 aromatic heterocycles. The monoisotopic (exact) mass is 582 g/mol. The largest absolute Gasteiger partial charge is 0.497 e. The number of aromatic amines is 1. The zero-order valence-electron chi connectivity index (χ0n) is 25.1. The Hall–Kier alpha value is -4.79. The number of piperazine rings is 1. The summed E-state index contributed by atoms with van der Waals surface area (Å²) in [6.45, 7) is 6.55. The number of hydrogen-bond donors (Lipinski definition) is 2. The van der Waals surface area contributed by atoms with Crippen LogP contribution in [0.3, 0.4) is 0 Å². The summed E-state index contributed by atoms with van der Waals surface area (Å²) in [5, 5.41) is 3.66. The maximum Gasteiger partial charge on any atom is 0.407 e. The van der Waals surface area contributed by atoms with Gasteiger partial charge in [-0.25, -0.2) is 4.79 Å². The van der Waals surface area contributed by atoms with E-state index in [0.717, 1.165) is 27.6 Å². The highest BCUT2D eigenvalue weighted by atomic mass is 16.6. The Morgan fingerprint density at radius 1 is 0.953 bits per heavy atom. The van der Waals surface area contributed by atoms with E-state index in [1.54, 1.807) is 18.1 Å². The Morgan fingerprint density at radius 3 is 2.44 bits per heavy atom. The van der Waals surface area contributed by atoms with E-state index < -0.39 is 11.7 Å². The third-order valence-corrected chi connectivity index (χ3v) is 7.36. The van der Waals surface area contributed by atoms with Gasteiger partial charge in [-0.15, -0.1) is 0 Å². The van der Waals surface area contributed by atoms with Gasteiger partial charge in [-0.2, -0.15) is 0 Å². The van der Waals surface area contributed by atoms with E-state index in [0.29, 0.717) is 37.5 Å². The van der Waals surface area contributed by atoms with Gasteiger partial charge in [0.05, 0.1) is 13.2 Å². The molecule has 0 aliphatic carbocycles. The summed E-state index contributed by atoms with van der Waals surface area (Å²) in [5.41, 5.74) is 3.63. The Morgan fingerprint density at radius 2 is 1.70 bits per heavy atom. The molecule has 1 aliphatic rings. The van der Waals surface area contributed by atoms with Crippen molar-refractivity contribution in [1.82, 2.24) is 20.1 Å². The number of alkyl carbamates (subject to hydrolysis) is 1. The first-order valence-corrected chi connectivity index (χ1v) is 14.4. The Labute approximate surface area is 251 Å². The first-order chi connectivity index (χ1) is 20.6. The Kier molecular flexibility index (Phi) is 8.71. The van der Waals surface area contributed by atoms with Crippen LogP contribution in [0, 0.1) is 0 Å². The number of carbonyl (C=O) groups is 3. The third kappa shape index (κ3) is 7.54. The first kappa shape index (κ1) is 29.7. The van der Waals surface area contributed by atoms with Crippen molar-refractivity contribution in [3.8, 4) is 5.75 Å². The number of aromatic nitrogens is 1. The highest BCUT2D eigenvalue weighted by Gasteiger charge is 2.35. The van der Waals surface area contributed by atoms with Crippen molar-refractivity contribution in [2.75, 3.05) is 20.2 Å². The van der Waals surface area contributed by atoms with Crippen molar-refractivity contribution in [2.24, 2.45) is 0 Å². The van der Waals surface area contributed by atoms with E-state index in [2.05, 4.69) is 10.3 Å². The fourth-order valence-electron chi connectivity index (χ4n) is 5.35. The van der Waals surface area contributed by atoms with Crippen LogP contribution in [-0.2, 0) is 29.0 Å². The van der Waals surface area contributed by atoms with Crippen LogP contribution < -0.4 is 10.1 Å². The molecule has 4 aromatic rings. The number of rotatable bonds is 8. The minimum absolute atomic E-state index is 0.0112. The molecule has 2 N–H and O–H groups in total. The number of ether oxygens (including phenoxy) is 2. The molecular weight excluding hydrogens is 544 g/mol. The van der Waals surface area contributed by atoms with Crippen LogP contribution in [0.4, 0.5) is 4.79 Å². The molecule has 1 saturated heterocycles. The number of nitrogens with zero attached hydrogens (tertiary/aromatic N) is 2. The first-order valence-electron chi connectivity index (χ1n) is 14.4. The van der Waals surface area contributed by atoms with Crippen molar-refractivity contribution in [2.45, 2.75) is 51.9 Å². The van der Waals surface area contributed by atoms with E-state index >= 15 is 0 Å². The SMILES string of the molecule is COc1ccc2[nH]c(C(=O)N3CC(=O)N(Cc4cccc(CNC(=O)OC(C)(C)C)c4)[C@@H](Cc4ccccc4)C3)cc2c1. The highest BCUT2D eigenvalue weighted by molar-refractivity contribution is 6.00. The van der Waals surface area contributed by atoms with Gasteiger partial charge in [-0.3, -0.25) is 9.59 Å². The summed E-state index contributed by atoms with van der Waals surface area (Å²) in [5.74, 6) is 0.383. The van der Waals surface area contributed by atoms with Crippen molar-refractivity contribution >= 4 is 28.8 Å². The predicted octanol–water partition coefficient (Wildman–Crippen LogP) is 5.30. The number of carbonyl (C=O) groups excluding carboxylic acids is 3. The third-order valence-electron chi connectivity index (χ3n) is 7.36. The van der Waals surface area contributed by atoms with Crippen LogP contribution in [0.2, 0.25) is 0 Å². The van der Waals surface area contributed by atoms with Gasteiger partial charge in [0.15, 0.2) is 0 Å². The number of H-pyrrole nitrogens is 1. The van der Waals surface area contributed by atoms with Crippen molar-refractivity contribution in [3.63, 3.8) is 0 Å². The van der Waals surface area contributed by atoms with Gasteiger partial charge in [0, 0.05) is 30.5 Å². The minimum atomic E-state index is -0.578. The van der Waals surface area contributed by atoms with E-state index in [1.165, 1.54) is 0 Å². The molecule has 1 aliphatic heterocycles. The normalized spacial score (nSPS) is 15.4. The summed E-state index contributed by atoms with van der Waals surface area (Å²) >= 11 is 0. The molecule has 5 rings (SSSR count). The molecule has 0 saturated carbocycles. The molecule has 224 valence electrons. The minimum Gasteiger partial charge on any atom is -0.497 e. The standard InChI is InChI=1S/C34H38N4O5/c1-34(2,3)43-33(41)35-19-24-11-8-12-25(15-24)20-38-27(16-23-9-6-5-7-10-23)21-37(22-31(38)39)32(40)30-18-26-17-28(42-4)13-14-29(26)36-30/h5-15,17-18,27,36H,16,19-22H2,1-4H3,(H,35,41)/t27-/m0/s1. The average molecular weight is 583 g/mol. The smallest absolute Gasteiger partial charge is 0.407 e. The number of nitrogens with one attached hydrogen (secondary N) is 2. The molecule has 0 bridgehead atoms. The van der Waals surface area contributed by atoms with Crippen LogP contribution in [-0.4, -0.2) is 64.5 Å². The summed E-state index contributed by atoms with van der Waals surface area (Å²) < 4.78 is 10.7.